The zero-order valence-corrected chi connectivity index (χ0v) is 8.71. The monoisotopic (exact) mass is 184 g/mol. The highest BCUT2D eigenvalue weighted by molar-refractivity contribution is 5.82. The number of hydrogen-bond donors (Lipinski definition) is 0. The van der Waals surface area contributed by atoms with Crippen LogP contribution in [0.3, 0.4) is 0 Å². The highest BCUT2D eigenvalue weighted by atomic mass is 16.5. The number of Topliss-reactive ketones (excluding diaryl/α,β-unsaturated/α-hetero) is 1. The third-order valence-corrected chi connectivity index (χ3v) is 2.75. The molecule has 0 aromatic heterocycles. The summed E-state index contributed by atoms with van der Waals surface area (Å²) < 4.78 is 5.69. The second-order valence-corrected chi connectivity index (χ2v) is 3.86. The van der Waals surface area contributed by atoms with Crippen molar-refractivity contribution >= 4 is 5.78 Å². The quantitative estimate of drug-likeness (QED) is 0.671. The van der Waals surface area contributed by atoms with Gasteiger partial charge in [0.2, 0.25) is 0 Å². The topological polar surface area (TPSA) is 26.3 Å². The van der Waals surface area contributed by atoms with Crippen LogP contribution in [-0.4, -0.2) is 18.0 Å². The highest BCUT2D eigenvalue weighted by Crippen LogP contribution is 2.21. The van der Waals surface area contributed by atoms with Gasteiger partial charge in [0.05, 0.1) is 6.10 Å². The van der Waals surface area contributed by atoms with Gasteiger partial charge in [-0.15, -0.1) is 0 Å². The van der Waals surface area contributed by atoms with Gasteiger partial charge in [0.25, 0.3) is 0 Å². The Morgan fingerprint density at radius 3 is 2.54 bits per heavy atom. The Balaban J connectivity index is 2.25. The number of ether oxygens (including phenoxy) is 1. The summed E-state index contributed by atoms with van der Waals surface area (Å²) in [5, 5.41) is 0. The molecule has 0 amide bonds. The largest absolute Gasteiger partial charge is 0.368 e. The second kappa shape index (κ2) is 5.38. The lowest BCUT2D eigenvalue weighted by Gasteiger charge is -2.24. The molecule has 1 rings (SSSR count). The van der Waals surface area contributed by atoms with E-state index in [9.17, 15) is 4.79 Å². The molecule has 0 N–H and O–H groups in total. The molecule has 1 fully saturated rings. The number of carbonyl (C=O) groups excluding carboxylic acids is 1. The molecule has 0 radical (unpaired) electrons. The van der Waals surface area contributed by atoms with E-state index in [0.717, 1.165) is 12.8 Å². The Morgan fingerprint density at radius 1 is 1.38 bits per heavy atom. The van der Waals surface area contributed by atoms with Crippen LogP contribution in [0.4, 0.5) is 0 Å². The van der Waals surface area contributed by atoms with Gasteiger partial charge in [-0.1, -0.05) is 26.2 Å². The molecule has 0 saturated heterocycles. The van der Waals surface area contributed by atoms with Crippen LogP contribution in [0.15, 0.2) is 0 Å². The second-order valence-electron chi connectivity index (χ2n) is 3.86. The Morgan fingerprint density at radius 2 is 2.00 bits per heavy atom. The van der Waals surface area contributed by atoms with Crippen molar-refractivity contribution in [3.63, 3.8) is 0 Å². The summed E-state index contributed by atoms with van der Waals surface area (Å²) in [5.41, 5.74) is 0. The predicted octanol–water partition coefficient (Wildman–Crippen LogP) is 2.70. The van der Waals surface area contributed by atoms with Crippen molar-refractivity contribution < 1.29 is 9.53 Å². The third kappa shape index (κ3) is 3.47. The van der Waals surface area contributed by atoms with Gasteiger partial charge in [-0.25, -0.2) is 0 Å². The molecular weight excluding hydrogens is 164 g/mol. The maximum absolute atomic E-state index is 11.3. The molecule has 0 spiro atoms. The Hall–Kier alpha value is -0.370. The molecule has 0 heterocycles. The standard InChI is InChI=1S/C11H20O2/c1-3-11(12)9(2)13-10-7-5-4-6-8-10/h9-10H,3-8H2,1-2H3. The Kier molecular flexibility index (Phi) is 4.43. The van der Waals surface area contributed by atoms with E-state index in [0.29, 0.717) is 12.5 Å². The summed E-state index contributed by atoms with van der Waals surface area (Å²) in [6.45, 7) is 3.77. The summed E-state index contributed by atoms with van der Waals surface area (Å²) in [6.07, 6.45) is 6.88. The van der Waals surface area contributed by atoms with Gasteiger partial charge in [0.15, 0.2) is 5.78 Å². The first-order valence-electron chi connectivity index (χ1n) is 5.42. The van der Waals surface area contributed by atoms with E-state index in [1.165, 1.54) is 19.3 Å². The highest BCUT2D eigenvalue weighted by Gasteiger charge is 2.19. The molecular formula is C11H20O2. The molecule has 0 aliphatic heterocycles. The fourth-order valence-corrected chi connectivity index (χ4v) is 1.85. The Labute approximate surface area is 80.7 Å². The molecule has 1 aliphatic rings. The average molecular weight is 184 g/mol. The van der Waals surface area contributed by atoms with Crippen LogP contribution in [0.2, 0.25) is 0 Å². The SMILES string of the molecule is CCC(=O)C(C)OC1CCCCC1. The average Bonchev–Trinajstić information content (AvgIpc) is 2.18. The number of ketones is 1. The van der Waals surface area contributed by atoms with Gasteiger partial charge >= 0.3 is 0 Å². The van der Waals surface area contributed by atoms with Crippen LogP contribution >= 0.6 is 0 Å². The van der Waals surface area contributed by atoms with E-state index >= 15 is 0 Å². The minimum atomic E-state index is -0.187. The molecule has 1 atom stereocenters. The van der Waals surface area contributed by atoms with E-state index in [4.69, 9.17) is 4.74 Å². The normalized spacial score (nSPS) is 21.4. The molecule has 13 heavy (non-hydrogen) atoms. The molecule has 2 heteroatoms. The predicted molar refractivity (Wildman–Crippen MR) is 52.7 cm³/mol. The summed E-state index contributed by atoms with van der Waals surface area (Å²) in [7, 11) is 0. The van der Waals surface area contributed by atoms with Gasteiger partial charge in [-0.05, 0) is 19.8 Å². The van der Waals surface area contributed by atoms with Crippen molar-refractivity contribution in [3.05, 3.63) is 0 Å². The van der Waals surface area contributed by atoms with Crippen molar-refractivity contribution in [1.82, 2.24) is 0 Å². The molecule has 1 saturated carbocycles. The van der Waals surface area contributed by atoms with Gasteiger partial charge in [-0.3, -0.25) is 4.79 Å². The van der Waals surface area contributed by atoms with Crippen LogP contribution in [0.1, 0.15) is 52.4 Å². The maximum Gasteiger partial charge on any atom is 0.161 e. The van der Waals surface area contributed by atoms with Crippen LogP contribution < -0.4 is 0 Å². The Bertz CT molecular complexity index is 159. The number of hydrogen-bond acceptors (Lipinski definition) is 2. The van der Waals surface area contributed by atoms with E-state index in [1.807, 2.05) is 13.8 Å². The van der Waals surface area contributed by atoms with Crippen LogP contribution in [0.5, 0.6) is 0 Å². The first-order valence-corrected chi connectivity index (χ1v) is 5.42. The summed E-state index contributed by atoms with van der Waals surface area (Å²) in [6, 6.07) is 0. The molecule has 0 aromatic carbocycles. The van der Waals surface area contributed by atoms with Gasteiger partial charge in [0, 0.05) is 6.42 Å². The zero-order valence-electron chi connectivity index (χ0n) is 8.71. The summed E-state index contributed by atoms with van der Waals surface area (Å²) >= 11 is 0. The van der Waals surface area contributed by atoms with E-state index in [2.05, 4.69) is 0 Å². The fraction of sp³-hybridized carbons (Fsp3) is 0.909. The van der Waals surface area contributed by atoms with Gasteiger partial charge in [0.1, 0.15) is 6.10 Å². The van der Waals surface area contributed by atoms with Gasteiger partial charge in [-0.2, -0.15) is 0 Å². The zero-order chi connectivity index (χ0) is 9.68. The van der Waals surface area contributed by atoms with Crippen LogP contribution in [0.25, 0.3) is 0 Å². The molecule has 1 aliphatic carbocycles. The molecule has 0 bridgehead atoms. The summed E-state index contributed by atoms with van der Waals surface area (Å²) in [5.74, 6) is 0.227. The van der Waals surface area contributed by atoms with Crippen molar-refractivity contribution in [2.75, 3.05) is 0 Å². The lowest BCUT2D eigenvalue weighted by atomic mass is 9.97. The van der Waals surface area contributed by atoms with E-state index < -0.39 is 0 Å². The van der Waals surface area contributed by atoms with Crippen LogP contribution in [0, 0.1) is 0 Å². The van der Waals surface area contributed by atoms with Crippen LogP contribution in [-0.2, 0) is 9.53 Å². The third-order valence-electron chi connectivity index (χ3n) is 2.75. The number of carbonyl (C=O) groups is 1. The van der Waals surface area contributed by atoms with Crippen molar-refractivity contribution in [2.24, 2.45) is 0 Å². The smallest absolute Gasteiger partial charge is 0.161 e. The van der Waals surface area contributed by atoms with Crippen molar-refractivity contribution in [3.8, 4) is 0 Å². The fourth-order valence-electron chi connectivity index (χ4n) is 1.85. The lowest BCUT2D eigenvalue weighted by molar-refractivity contribution is -0.133. The minimum absolute atomic E-state index is 0.187. The van der Waals surface area contributed by atoms with E-state index in [1.54, 1.807) is 0 Å². The first kappa shape index (κ1) is 10.7. The maximum atomic E-state index is 11.3. The number of rotatable bonds is 4. The van der Waals surface area contributed by atoms with Crippen molar-refractivity contribution in [1.29, 1.82) is 0 Å². The van der Waals surface area contributed by atoms with Gasteiger partial charge < -0.3 is 4.74 Å². The molecule has 76 valence electrons. The summed E-state index contributed by atoms with van der Waals surface area (Å²) in [4.78, 5) is 11.3. The molecule has 1 unspecified atom stereocenters. The van der Waals surface area contributed by atoms with E-state index in [-0.39, 0.29) is 11.9 Å². The lowest BCUT2D eigenvalue weighted by Crippen LogP contribution is -2.27. The molecule has 0 aromatic rings. The minimum Gasteiger partial charge on any atom is -0.368 e. The first-order chi connectivity index (χ1) is 6.24. The molecule has 2 nitrogen and oxygen atoms in total. The van der Waals surface area contributed by atoms with Crippen molar-refractivity contribution in [2.45, 2.75) is 64.6 Å².